The minimum absolute atomic E-state index is 0.304. The molecule has 2 rings (SSSR count). The summed E-state index contributed by atoms with van der Waals surface area (Å²) < 4.78 is 13.8. The van der Waals surface area contributed by atoms with Crippen LogP contribution in [0.1, 0.15) is 17.5 Å². The summed E-state index contributed by atoms with van der Waals surface area (Å²) in [5, 5.41) is 10.9. The average molecular weight is 358 g/mol. The first-order chi connectivity index (χ1) is 9.55. The van der Waals surface area contributed by atoms with E-state index in [4.69, 9.17) is 11.6 Å². The second kappa shape index (κ2) is 6.70. The summed E-state index contributed by atoms with van der Waals surface area (Å²) in [5.74, 6) is 0.0470. The van der Waals surface area contributed by atoms with Gasteiger partial charge < -0.3 is 5.11 Å². The van der Waals surface area contributed by atoms with E-state index >= 15 is 0 Å². The number of halogens is 3. The van der Waals surface area contributed by atoms with Crippen LogP contribution in [0.15, 0.2) is 53.0 Å². The van der Waals surface area contributed by atoms with Crippen molar-refractivity contribution in [3.05, 3.63) is 69.9 Å². The van der Waals surface area contributed by atoms with Crippen molar-refractivity contribution in [1.29, 1.82) is 0 Å². The lowest BCUT2D eigenvalue weighted by Gasteiger charge is -2.28. The van der Waals surface area contributed by atoms with Crippen molar-refractivity contribution in [1.82, 2.24) is 0 Å². The van der Waals surface area contributed by atoms with E-state index in [1.54, 1.807) is 6.07 Å². The summed E-state index contributed by atoms with van der Waals surface area (Å²) in [6.45, 7) is 0. The molecular formula is C16H15BrClFO. The predicted molar refractivity (Wildman–Crippen MR) is 83.5 cm³/mol. The summed E-state index contributed by atoms with van der Waals surface area (Å²) >= 11 is 9.17. The highest BCUT2D eigenvalue weighted by atomic mass is 79.9. The lowest BCUT2D eigenvalue weighted by atomic mass is 9.85. The zero-order valence-electron chi connectivity index (χ0n) is 10.8. The molecule has 1 unspecified atom stereocenters. The zero-order chi connectivity index (χ0) is 14.6. The van der Waals surface area contributed by atoms with Crippen LogP contribution in [0.2, 0.25) is 0 Å². The van der Waals surface area contributed by atoms with E-state index in [1.807, 2.05) is 30.3 Å². The molecule has 1 atom stereocenters. The lowest BCUT2D eigenvalue weighted by molar-refractivity contribution is 0.0335. The van der Waals surface area contributed by atoms with Gasteiger partial charge >= 0.3 is 0 Å². The molecule has 2 aromatic carbocycles. The molecule has 0 radical (unpaired) electrons. The largest absolute Gasteiger partial charge is 0.385 e. The summed E-state index contributed by atoms with van der Waals surface area (Å²) in [4.78, 5) is 0. The third kappa shape index (κ3) is 3.60. The molecular weight excluding hydrogens is 343 g/mol. The second-order valence-electron chi connectivity index (χ2n) is 4.75. The number of aliphatic hydroxyl groups is 1. The molecule has 0 fully saturated rings. The molecule has 4 heteroatoms. The average Bonchev–Trinajstić information content (AvgIpc) is 2.43. The zero-order valence-corrected chi connectivity index (χ0v) is 13.2. The number of benzene rings is 2. The fourth-order valence-corrected chi connectivity index (χ4v) is 3.02. The van der Waals surface area contributed by atoms with Crippen molar-refractivity contribution < 1.29 is 9.50 Å². The maximum Gasteiger partial charge on any atom is 0.124 e. The Morgan fingerprint density at radius 3 is 2.45 bits per heavy atom. The first kappa shape index (κ1) is 15.5. The molecule has 0 spiro atoms. The van der Waals surface area contributed by atoms with Gasteiger partial charge in [-0.2, -0.15) is 0 Å². The van der Waals surface area contributed by atoms with Gasteiger partial charge in [0.15, 0.2) is 0 Å². The van der Waals surface area contributed by atoms with Crippen LogP contribution in [0.5, 0.6) is 0 Å². The van der Waals surface area contributed by atoms with Gasteiger partial charge in [0.2, 0.25) is 0 Å². The molecule has 1 nitrogen and oxygen atoms in total. The van der Waals surface area contributed by atoms with Crippen molar-refractivity contribution in [3.63, 3.8) is 0 Å². The molecule has 1 N–H and O–H groups in total. The van der Waals surface area contributed by atoms with Gasteiger partial charge in [0.1, 0.15) is 5.82 Å². The molecule has 2 aromatic rings. The molecule has 0 aliphatic heterocycles. The predicted octanol–water partition coefficient (Wildman–Crippen LogP) is 4.65. The Hall–Kier alpha value is -0.900. The van der Waals surface area contributed by atoms with Crippen molar-refractivity contribution >= 4 is 27.5 Å². The van der Waals surface area contributed by atoms with E-state index in [0.717, 1.165) is 11.1 Å². The SMILES string of the molecule is OC(CCCl)(Cc1ccc(F)cc1Br)c1ccccc1. The molecule has 0 bridgehead atoms. The van der Waals surface area contributed by atoms with E-state index in [-0.39, 0.29) is 5.82 Å². The van der Waals surface area contributed by atoms with Crippen LogP contribution in [0.4, 0.5) is 4.39 Å². The highest BCUT2D eigenvalue weighted by molar-refractivity contribution is 9.10. The van der Waals surface area contributed by atoms with Crippen molar-refractivity contribution in [2.45, 2.75) is 18.4 Å². The van der Waals surface area contributed by atoms with Gasteiger partial charge in [-0.25, -0.2) is 4.39 Å². The summed E-state index contributed by atoms with van der Waals surface area (Å²) in [6.07, 6.45) is 0.812. The third-order valence-corrected chi connectivity index (χ3v) is 4.24. The number of rotatable bonds is 5. The van der Waals surface area contributed by atoms with Gasteiger partial charge in [-0.1, -0.05) is 52.3 Å². The van der Waals surface area contributed by atoms with Gasteiger partial charge in [0, 0.05) is 16.8 Å². The van der Waals surface area contributed by atoms with Gasteiger partial charge in [-0.05, 0) is 29.7 Å². The van der Waals surface area contributed by atoms with E-state index in [9.17, 15) is 9.50 Å². The fourth-order valence-electron chi connectivity index (χ4n) is 2.22. The normalized spacial score (nSPS) is 14.0. The van der Waals surface area contributed by atoms with Crippen LogP contribution in [-0.2, 0) is 12.0 Å². The van der Waals surface area contributed by atoms with E-state index in [2.05, 4.69) is 15.9 Å². The van der Waals surface area contributed by atoms with Crippen LogP contribution < -0.4 is 0 Å². The smallest absolute Gasteiger partial charge is 0.124 e. The first-order valence-corrected chi connectivity index (χ1v) is 7.66. The topological polar surface area (TPSA) is 20.2 Å². The van der Waals surface area contributed by atoms with Crippen LogP contribution in [-0.4, -0.2) is 11.0 Å². The molecule has 0 saturated heterocycles. The molecule has 0 amide bonds. The van der Waals surface area contributed by atoms with Crippen molar-refractivity contribution in [2.24, 2.45) is 0 Å². The number of alkyl halides is 1. The van der Waals surface area contributed by atoms with Gasteiger partial charge in [0.25, 0.3) is 0 Å². The quantitative estimate of drug-likeness (QED) is 0.772. The minimum atomic E-state index is -1.05. The summed E-state index contributed by atoms with van der Waals surface area (Å²) in [7, 11) is 0. The Morgan fingerprint density at radius 1 is 1.15 bits per heavy atom. The third-order valence-electron chi connectivity index (χ3n) is 3.32. The molecule has 0 aliphatic rings. The molecule has 0 aliphatic carbocycles. The monoisotopic (exact) mass is 356 g/mol. The summed E-state index contributed by atoms with van der Waals surface area (Å²) in [5.41, 5.74) is 0.614. The van der Waals surface area contributed by atoms with Crippen molar-refractivity contribution in [2.75, 3.05) is 5.88 Å². The van der Waals surface area contributed by atoms with Crippen LogP contribution in [0.25, 0.3) is 0 Å². The van der Waals surface area contributed by atoms with E-state index in [0.29, 0.717) is 23.2 Å². The Labute approximate surface area is 131 Å². The molecule has 20 heavy (non-hydrogen) atoms. The van der Waals surface area contributed by atoms with Crippen molar-refractivity contribution in [3.8, 4) is 0 Å². The molecule has 106 valence electrons. The standard InChI is InChI=1S/C16H15BrClFO/c17-15-10-14(19)7-6-12(15)11-16(20,8-9-18)13-4-2-1-3-5-13/h1-7,10,20H,8-9,11H2. The number of hydrogen-bond donors (Lipinski definition) is 1. The Bertz CT molecular complexity index is 576. The van der Waals surface area contributed by atoms with Crippen LogP contribution in [0, 0.1) is 5.82 Å². The van der Waals surface area contributed by atoms with Gasteiger partial charge in [0.05, 0.1) is 5.60 Å². The Balaban J connectivity index is 2.34. The van der Waals surface area contributed by atoms with E-state index < -0.39 is 5.60 Å². The fraction of sp³-hybridized carbons (Fsp3) is 0.250. The van der Waals surface area contributed by atoms with Gasteiger partial charge in [-0.3, -0.25) is 0 Å². The summed E-state index contributed by atoms with van der Waals surface area (Å²) in [6, 6.07) is 13.9. The Kier molecular flexibility index (Phi) is 5.19. The minimum Gasteiger partial charge on any atom is -0.385 e. The van der Waals surface area contributed by atoms with Crippen LogP contribution in [0.3, 0.4) is 0 Å². The maximum absolute atomic E-state index is 13.1. The van der Waals surface area contributed by atoms with Crippen LogP contribution >= 0.6 is 27.5 Å². The molecule has 0 heterocycles. The molecule has 0 saturated carbocycles. The molecule has 0 aromatic heterocycles. The van der Waals surface area contributed by atoms with Gasteiger partial charge in [-0.15, -0.1) is 11.6 Å². The lowest BCUT2D eigenvalue weighted by Crippen LogP contribution is -2.29. The Morgan fingerprint density at radius 2 is 1.85 bits per heavy atom. The van der Waals surface area contributed by atoms with E-state index in [1.165, 1.54) is 12.1 Å². The maximum atomic E-state index is 13.1. The second-order valence-corrected chi connectivity index (χ2v) is 5.98. The number of hydrogen-bond acceptors (Lipinski definition) is 1. The first-order valence-electron chi connectivity index (χ1n) is 6.33. The highest BCUT2D eigenvalue weighted by Crippen LogP contribution is 2.32. The highest BCUT2D eigenvalue weighted by Gasteiger charge is 2.29.